The van der Waals surface area contributed by atoms with Crippen LogP contribution in [0.25, 0.3) is 0 Å². The Morgan fingerprint density at radius 2 is 0.600 bits per heavy atom. The SMILES string of the molecule is c1ccc([C@@H]2CC[C@@H](c3ccccc3)N2CN2[C@H](c3ccccc3)CC[C@H]2c2ccccc2)cc1. The Bertz CT molecular complexity index is 1000. The maximum Gasteiger partial charge on any atom is 0.0529 e. The number of likely N-dealkylation sites (tertiary alicyclic amines) is 2. The first-order chi connectivity index (χ1) is 17.4. The van der Waals surface area contributed by atoms with Gasteiger partial charge in [-0.25, -0.2) is 0 Å². The molecule has 0 bridgehead atoms. The molecular formula is C33H34N2. The van der Waals surface area contributed by atoms with Gasteiger partial charge in [0.05, 0.1) is 6.67 Å². The van der Waals surface area contributed by atoms with E-state index in [9.17, 15) is 0 Å². The lowest BCUT2D eigenvalue weighted by Crippen LogP contribution is -2.40. The van der Waals surface area contributed by atoms with Crippen molar-refractivity contribution in [2.75, 3.05) is 6.67 Å². The fourth-order valence-electron chi connectivity index (χ4n) is 6.45. The van der Waals surface area contributed by atoms with Crippen LogP contribution in [0.4, 0.5) is 0 Å². The molecule has 0 amide bonds. The largest absolute Gasteiger partial charge is 0.276 e. The van der Waals surface area contributed by atoms with Crippen LogP contribution >= 0.6 is 0 Å². The molecule has 4 atom stereocenters. The first kappa shape index (κ1) is 22.3. The monoisotopic (exact) mass is 458 g/mol. The molecule has 0 spiro atoms. The van der Waals surface area contributed by atoms with E-state index in [1.54, 1.807) is 0 Å². The van der Waals surface area contributed by atoms with Crippen molar-refractivity contribution in [3.63, 3.8) is 0 Å². The molecule has 6 rings (SSSR count). The van der Waals surface area contributed by atoms with Crippen molar-refractivity contribution in [2.45, 2.75) is 49.9 Å². The van der Waals surface area contributed by atoms with Gasteiger partial charge in [0.1, 0.15) is 0 Å². The first-order valence-corrected chi connectivity index (χ1v) is 13.1. The summed E-state index contributed by atoms with van der Waals surface area (Å²) in [5, 5.41) is 0. The highest BCUT2D eigenvalue weighted by molar-refractivity contribution is 5.28. The zero-order valence-electron chi connectivity index (χ0n) is 20.3. The van der Waals surface area contributed by atoms with Crippen LogP contribution < -0.4 is 0 Å². The molecule has 35 heavy (non-hydrogen) atoms. The molecule has 4 aromatic rings. The van der Waals surface area contributed by atoms with Crippen LogP contribution in [-0.4, -0.2) is 16.5 Å². The fraction of sp³-hybridized carbons (Fsp3) is 0.273. The van der Waals surface area contributed by atoms with Gasteiger partial charge in [0.25, 0.3) is 0 Å². The van der Waals surface area contributed by atoms with Crippen molar-refractivity contribution in [2.24, 2.45) is 0 Å². The Labute approximate surface area is 209 Å². The number of hydrogen-bond acceptors (Lipinski definition) is 2. The molecule has 2 fully saturated rings. The molecule has 176 valence electrons. The summed E-state index contributed by atoms with van der Waals surface area (Å²) in [5.74, 6) is 0. The predicted molar refractivity (Wildman–Crippen MR) is 144 cm³/mol. The van der Waals surface area contributed by atoms with Gasteiger partial charge >= 0.3 is 0 Å². The summed E-state index contributed by atoms with van der Waals surface area (Å²) in [5.41, 5.74) is 5.77. The van der Waals surface area contributed by atoms with Crippen LogP contribution in [-0.2, 0) is 0 Å². The van der Waals surface area contributed by atoms with Crippen LogP contribution in [0.15, 0.2) is 121 Å². The van der Waals surface area contributed by atoms with E-state index in [1.165, 1.54) is 47.9 Å². The molecule has 0 aromatic heterocycles. The van der Waals surface area contributed by atoms with Gasteiger partial charge in [-0.3, -0.25) is 9.80 Å². The number of rotatable bonds is 6. The molecule has 2 saturated heterocycles. The summed E-state index contributed by atoms with van der Waals surface area (Å²) in [6, 6.07) is 46.4. The smallest absolute Gasteiger partial charge is 0.0529 e. The molecule has 0 radical (unpaired) electrons. The van der Waals surface area contributed by atoms with Crippen molar-refractivity contribution < 1.29 is 0 Å². The quantitative estimate of drug-likeness (QED) is 0.288. The van der Waals surface area contributed by atoms with E-state index in [4.69, 9.17) is 0 Å². The Morgan fingerprint density at radius 1 is 0.371 bits per heavy atom. The maximum atomic E-state index is 2.79. The van der Waals surface area contributed by atoms with E-state index < -0.39 is 0 Å². The van der Waals surface area contributed by atoms with Crippen molar-refractivity contribution >= 4 is 0 Å². The molecule has 2 nitrogen and oxygen atoms in total. The van der Waals surface area contributed by atoms with Crippen molar-refractivity contribution in [3.05, 3.63) is 144 Å². The Balaban J connectivity index is 1.39. The van der Waals surface area contributed by atoms with Gasteiger partial charge in [-0.1, -0.05) is 121 Å². The molecule has 2 aliphatic heterocycles. The highest BCUT2D eigenvalue weighted by Crippen LogP contribution is 2.49. The summed E-state index contributed by atoms with van der Waals surface area (Å²) in [4.78, 5) is 5.59. The molecule has 0 aliphatic carbocycles. The summed E-state index contributed by atoms with van der Waals surface area (Å²) in [7, 11) is 0. The van der Waals surface area contributed by atoms with Gasteiger partial charge in [0.2, 0.25) is 0 Å². The third kappa shape index (κ3) is 4.57. The second-order valence-corrected chi connectivity index (χ2v) is 10.0. The number of benzene rings is 4. The van der Waals surface area contributed by atoms with Crippen LogP contribution in [0, 0.1) is 0 Å². The van der Waals surface area contributed by atoms with Gasteiger partial charge in [-0.2, -0.15) is 0 Å². The molecular weight excluding hydrogens is 424 g/mol. The summed E-state index contributed by atoms with van der Waals surface area (Å²) in [6.07, 6.45) is 4.79. The van der Waals surface area contributed by atoms with E-state index in [0.29, 0.717) is 24.2 Å². The number of nitrogens with zero attached hydrogens (tertiary/aromatic N) is 2. The standard InChI is InChI=1S/C33H34N2/c1-5-13-26(14-6-1)30-21-22-31(27-15-7-2-8-16-27)34(30)25-35-32(28-17-9-3-10-18-28)23-24-33(35)29-19-11-4-12-20-29/h1-20,30-33H,21-25H2/t30-,31-,32-,33-/m0/s1. The molecule has 2 aliphatic rings. The van der Waals surface area contributed by atoms with E-state index >= 15 is 0 Å². The molecule has 4 aromatic carbocycles. The topological polar surface area (TPSA) is 6.48 Å². The maximum absolute atomic E-state index is 2.79. The minimum absolute atomic E-state index is 0.440. The van der Waals surface area contributed by atoms with Crippen LogP contribution in [0.5, 0.6) is 0 Å². The second kappa shape index (κ2) is 10.2. The van der Waals surface area contributed by atoms with Crippen molar-refractivity contribution in [3.8, 4) is 0 Å². The Morgan fingerprint density at radius 3 is 0.829 bits per heavy atom. The summed E-state index contributed by atoms with van der Waals surface area (Å²) in [6.45, 7) is 0.970. The lowest BCUT2D eigenvalue weighted by Gasteiger charge is -2.39. The predicted octanol–water partition coefficient (Wildman–Crippen LogP) is 8.10. The highest BCUT2D eigenvalue weighted by Gasteiger charge is 2.41. The van der Waals surface area contributed by atoms with Crippen molar-refractivity contribution in [1.82, 2.24) is 9.80 Å². The summed E-state index contributed by atoms with van der Waals surface area (Å²) < 4.78 is 0. The molecule has 0 unspecified atom stereocenters. The zero-order valence-corrected chi connectivity index (χ0v) is 20.3. The third-order valence-electron chi connectivity index (χ3n) is 8.09. The lowest BCUT2D eigenvalue weighted by molar-refractivity contribution is 0.0527. The average molecular weight is 459 g/mol. The molecule has 0 saturated carbocycles. The van der Waals surface area contributed by atoms with Gasteiger partial charge in [-0.05, 0) is 47.9 Å². The third-order valence-corrected chi connectivity index (χ3v) is 8.09. The van der Waals surface area contributed by atoms with E-state index in [1.807, 2.05) is 0 Å². The van der Waals surface area contributed by atoms with E-state index in [2.05, 4.69) is 131 Å². The van der Waals surface area contributed by atoms with Crippen LogP contribution in [0.1, 0.15) is 72.1 Å². The zero-order chi connectivity index (χ0) is 23.5. The Kier molecular flexibility index (Phi) is 6.49. The summed E-state index contributed by atoms with van der Waals surface area (Å²) >= 11 is 0. The second-order valence-electron chi connectivity index (χ2n) is 10.0. The van der Waals surface area contributed by atoms with Gasteiger partial charge < -0.3 is 0 Å². The molecule has 0 N–H and O–H groups in total. The van der Waals surface area contributed by atoms with Crippen LogP contribution in [0.3, 0.4) is 0 Å². The minimum atomic E-state index is 0.440. The van der Waals surface area contributed by atoms with Gasteiger partial charge in [-0.15, -0.1) is 0 Å². The molecule has 2 heterocycles. The average Bonchev–Trinajstić information content (AvgIpc) is 3.55. The normalized spacial score (nSPS) is 25.1. The van der Waals surface area contributed by atoms with Gasteiger partial charge in [0.15, 0.2) is 0 Å². The van der Waals surface area contributed by atoms with E-state index in [0.717, 1.165) is 6.67 Å². The lowest BCUT2D eigenvalue weighted by atomic mass is 10.0. The van der Waals surface area contributed by atoms with E-state index in [-0.39, 0.29) is 0 Å². The number of hydrogen-bond donors (Lipinski definition) is 0. The first-order valence-electron chi connectivity index (χ1n) is 13.1. The van der Waals surface area contributed by atoms with Crippen molar-refractivity contribution in [1.29, 1.82) is 0 Å². The molecule has 2 heteroatoms. The minimum Gasteiger partial charge on any atom is -0.276 e. The fourth-order valence-corrected chi connectivity index (χ4v) is 6.45. The Hall–Kier alpha value is -3.20. The van der Waals surface area contributed by atoms with Crippen LogP contribution in [0.2, 0.25) is 0 Å². The highest BCUT2D eigenvalue weighted by atomic mass is 15.4. The van der Waals surface area contributed by atoms with Gasteiger partial charge in [0, 0.05) is 24.2 Å².